The van der Waals surface area contributed by atoms with Gasteiger partial charge in [0.05, 0.1) is 10.5 Å². The molecule has 1 amide bonds. The van der Waals surface area contributed by atoms with Gasteiger partial charge in [-0.1, -0.05) is 41.9 Å². The molecule has 3 N–H and O–H groups in total. The summed E-state index contributed by atoms with van der Waals surface area (Å²) in [4.78, 5) is 30.9. The van der Waals surface area contributed by atoms with Crippen molar-refractivity contribution in [1.29, 1.82) is 0 Å². The number of anilines is 4. The summed E-state index contributed by atoms with van der Waals surface area (Å²) in [6.07, 6.45) is 1.67. The van der Waals surface area contributed by atoms with Crippen LogP contribution in [0.2, 0.25) is 5.02 Å². The number of carbonyl (C=O) groups excluding carboxylic acids is 2. The molecule has 0 atom stereocenters. The van der Waals surface area contributed by atoms with Crippen LogP contribution in [0.3, 0.4) is 0 Å². The lowest BCUT2D eigenvalue weighted by molar-refractivity contribution is -0.110. The third kappa shape index (κ3) is 6.33. The number of ketones is 1. The normalized spacial score (nSPS) is 16.0. The average molecular weight is 628 g/mol. The minimum Gasteiger partial charge on any atom is -0.369 e. The predicted molar refractivity (Wildman–Crippen MR) is 175 cm³/mol. The molecule has 2 aliphatic heterocycles. The van der Waals surface area contributed by atoms with Gasteiger partial charge in [0.25, 0.3) is 15.9 Å². The molecule has 11 heteroatoms. The molecule has 1 saturated heterocycles. The third-order valence-corrected chi connectivity index (χ3v) is 9.28. The largest absolute Gasteiger partial charge is 0.369 e. The van der Waals surface area contributed by atoms with Crippen molar-refractivity contribution in [3.05, 3.63) is 119 Å². The number of nitrogens with one attached hydrogen (secondary N) is 3. The number of sulfonamides is 1. The van der Waals surface area contributed by atoms with Crippen LogP contribution in [0, 0.1) is 0 Å². The number of amides is 1. The van der Waals surface area contributed by atoms with Gasteiger partial charge in [-0.3, -0.25) is 14.3 Å². The lowest BCUT2D eigenvalue weighted by Gasteiger charge is -2.34. The topological polar surface area (TPSA) is 111 Å². The second-order valence-electron chi connectivity index (χ2n) is 10.7. The van der Waals surface area contributed by atoms with Crippen LogP contribution in [0.5, 0.6) is 0 Å². The fourth-order valence-electron chi connectivity index (χ4n) is 5.21. The van der Waals surface area contributed by atoms with E-state index < -0.39 is 10.0 Å². The number of nitrogens with zero attached hydrogens (tertiary/aromatic N) is 2. The van der Waals surface area contributed by atoms with Crippen molar-refractivity contribution in [3.8, 4) is 0 Å². The van der Waals surface area contributed by atoms with Gasteiger partial charge in [-0.25, -0.2) is 8.42 Å². The van der Waals surface area contributed by atoms with Gasteiger partial charge in [0.1, 0.15) is 0 Å². The molecular weight excluding hydrogens is 598 g/mol. The van der Waals surface area contributed by atoms with E-state index in [9.17, 15) is 18.0 Å². The number of piperazine rings is 1. The van der Waals surface area contributed by atoms with E-state index in [-0.39, 0.29) is 27.8 Å². The van der Waals surface area contributed by atoms with Gasteiger partial charge in [-0.2, -0.15) is 0 Å². The van der Waals surface area contributed by atoms with E-state index in [2.05, 4.69) is 44.3 Å². The molecule has 0 radical (unpaired) electrons. The maximum Gasteiger partial charge on any atom is 0.261 e. The first kappa shape index (κ1) is 29.4. The summed E-state index contributed by atoms with van der Waals surface area (Å²) in [6, 6.07) is 25.3. The molecule has 44 heavy (non-hydrogen) atoms. The SMILES string of the molecule is CN1CCN(c2ccc(N/C=C3/C(=O)Nc4cc(C(=O)c5cccc(NS(=O)(=O)c6cccc(Cl)c6)c5)ccc43)cc2)CC1. The van der Waals surface area contributed by atoms with Crippen molar-refractivity contribution in [1.82, 2.24) is 4.90 Å². The van der Waals surface area contributed by atoms with E-state index in [1.165, 1.54) is 23.9 Å². The number of likely N-dealkylation sites (N-methyl/N-ethyl adjacent to an activating group) is 1. The summed E-state index contributed by atoms with van der Waals surface area (Å²) in [5.74, 6) is -0.592. The zero-order valence-electron chi connectivity index (χ0n) is 23.9. The van der Waals surface area contributed by atoms with Crippen LogP contribution in [0.15, 0.2) is 102 Å². The summed E-state index contributed by atoms with van der Waals surface area (Å²) in [7, 11) is -1.78. The van der Waals surface area contributed by atoms with E-state index in [4.69, 9.17) is 11.6 Å². The minimum absolute atomic E-state index is 0.0112. The Hall–Kier alpha value is -4.64. The van der Waals surface area contributed by atoms with Crippen LogP contribution in [0.25, 0.3) is 5.57 Å². The highest BCUT2D eigenvalue weighted by molar-refractivity contribution is 7.92. The quantitative estimate of drug-likeness (QED) is 0.174. The zero-order chi connectivity index (χ0) is 30.8. The summed E-state index contributed by atoms with van der Waals surface area (Å²) in [5.41, 5.74) is 4.56. The number of rotatable bonds is 8. The van der Waals surface area contributed by atoms with Crippen LogP contribution in [0.4, 0.5) is 22.7 Å². The number of fused-ring (bicyclic) bond motifs is 1. The molecule has 9 nitrogen and oxygen atoms in total. The standard InChI is InChI=1S/C33H30ClN5O4S/c1-38-14-16-39(17-15-38)27-11-9-25(10-12-27)35-21-30-29-13-8-23(19-31(29)36-33(30)41)32(40)22-4-2-6-26(18-22)37-44(42,43)28-7-3-5-24(34)20-28/h2-13,18-21,35,37H,14-17H2,1H3,(H,36,41)/b30-21+. The number of hydrogen-bond acceptors (Lipinski definition) is 7. The summed E-state index contributed by atoms with van der Waals surface area (Å²) in [5, 5.41) is 6.35. The molecule has 0 aliphatic carbocycles. The monoisotopic (exact) mass is 627 g/mol. The first-order chi connectivity index (χ1) is 21.2. The second kappa shape index (κ2) is 12.2. The number of halogens is 1. The van der Waals surface area contributed by atoms with Gasteiger partial charge >= 0.3 is 0 Å². The van der Waals surface area contributed by atoms with Crippen molar-refractivity contribution in [2.45, 2.75) is 4.90 Å². The fourth-order valence-corrected chi connectivity index (χ4v) is 6.56. The molecule has 0 spiro atoms. The number of benzene rings is 4. The summed E-state index contributed by atoms with van der Waals surface area (Å²) >= 11 is 5.95. The van der Waals surface area contributed by atoms with Crippen molar-refractivity contribution in [2.24, 2.45) is 0 Å². The third-order valence-electron chi connectivity index (χ3n) is 7.67. The van der Waals surface area contributed by atoms with Crippen molar-refractivity contribution >= 4 is 61.6 Å². The van der Waals surface area contributed by atoms with Gasteiger partial charge in [0, 0.05) is 76.8 Å². The van der Waals surface area contributed by atoms with Gasteiger partial charge in [0.15, 0.2) is 5.78 Å². The molecule has 2 aliphatic rings. The average Bonchev–Trinajstić information content (AvgIpc) is 3.34. The molecule has 6 rings (SSSR count). The highest BCUT2D eigenvalue weighted by atomic mass is 35.5. The first-order valence-electron chi connectivity index (χ1n) is 14.1. The molecule has 1 fully saturated rings. The zero-order valence-corrected chi connectivity index (χ0v) is 25.5. The van der Waals surface area contributed by atoms with E-state index in [0.717, 1.165) is 31.9 Å². The Morgan fingerprint density at radius 3 is 2.34 bits per heavy atom. The molecule has 0 unspecified atom stereocenters. The smallest absolute Gasteiger partial charge is 0.261 e. The lowest BCUT2D eigenvalue weighted by Crippen LogP contribution is -2.44. The Morgan fingerprint density at radius 2 is 1.59 bits per heavy atom. The Kier molecular flexibility index (Phi) is 8.13. The van der Waals surface area contributed by atoms with Gasteiger partial charge in [-0.05, 0) is 67.7 Å². The van der Waals surface area contributed by atoms with Gasteiger partial charge < -0.3 is 20.4 Å². The van der Waals surface area contributed by atoms with E-state index in [1.807, 2.05) is 12.1 Å². The van der Waals surface area contributed by atoms with Crippen molar-refractivity contribution in [3.63, 3.8) is 0 Å². The summed E-state index contributed by atoms with van der Waals surface area (Å²) < 4.78 is 28.1. The predicted octanol–water partition coefficient (Wildman–Crippen LogP) is 5.53. The molecule has 4 aromatic rings. The van der Waals surface area contributed by atoms with Crippen LogP contribution >= 0.6 is 11.6 Å². The number of hydrogen-bond donors (Lipinski definition) is 3. The molecule has 0 bridgehead atoms. The maximum atomic E-state index is 13.4. The van der Waals surface area contributed by atoms with Crippen LogP contribution in [0.1, 0.15) is 21.5 Å². The van der Waals surface area contributed by atoms with E-state index in [0.29, 0.717) is 27.4 Å². The number of carbonyl (C=O) groups is 2. The fraction of sp³-hybridized carbons (Fsp3) is 0.152. The lowest BCUT2D eigenvalue weighted by atomic mass is 9.99. The molecule has 224 valence electrons. The first-order valence-corrected chi connectivity index (χ1v) is 15.9. The molecule has 0 saturated carbocycles. The van der Waals surface area contributed by atoms with Crippen LogP contribution in [-0.4, -0.2) is 58.2 Å². The molecular formula is C33H30ClN5O4S. The second-order valence-corrected chi connectivity index (χ2v) is 12.8. The highest BCUT2D eigenvalue weighted by Gasteiger charge is 2.26. The van der Waals surface area contributed by atoms with E-state index in [1.54, 1.807) is 54.7 Å². The maximum absolute atomic E-state index is 13.4. The molecule has 2 heterocycles. The van der Waals surface area contributed by atoms with Crippen LogP contribution < -0.4 is 20.3 Å². The van der Waals surface area contributed by atoms with Crippen molar-refractivity contribution < 1.29 is 18.0 Å². The van der Waals surface area contributed by atoms with Gasteiger partial charge in [-0.15, -0.1) is 0 Å². The Balaban J connectivity index is 1.15. The Bertz CT molecular complexity index is 1880. The van der Waals surface area contributed by atoms with E-state index >= 15 is 0 Å². The van der Waals surface area contributed by atoms with Crippen LogP contribution in [-0.2, 0) is 14.8 Å². The molecule has 4 aromatic carbocycles. The summed E-state index contributed by atoms with van der Waals surface area (Å²) in [6.45, 7) is 4.05. The molecule has 0 aromatic heterocycles. The highest BCUT2D eigenvalue weighted by Crippen LogP contribution is 2.33. The van der Waals surface area contributed by atoms with Gasteiger partial charge in [0.2, 0.25) is 0 Å². The Morgan fingerprint density at radius 1 is 0.864 bits per heavy atom. The van der Waals surface area contributed by atoms with Crippen molar-refractivity contribution in [2.75, 3.05) is 53.5 Å². The minimum atomic E-state index is -3.91. The Labute approximate surface area is 261 Å².